The van der Waals surface area contributed by atoms with Gasteiger partial charge in [-0.15, -0.1) is 0 Å². The fraction of sp³-hybridized carbons (Fsp3) is 0.222. The molecule has 0 N–H and O–H groups in total. The Bertz CT molecular complexity index is 1750. The Hall–Kier alpha value is -3.61. The molecule has 4 aromatic rings. The second kappa shape index (κ2) is 10.8. The quantitative estimate of drug-likeness (QED) is 0.151. The monoisotopic (exact) mass is 618 g/mol. The molecule has 220 valence electrons. The molecular weight excluding hydrogens is 584 g/mol. The topological polar surface area (TPSA) is 9.86 Å². The minimum absolute atomic E-state index is 0.175. The Morgan fingerprint density at radius 2 is 0.860 bits per heavy atom. The van der Waals surface area contributed by atoms with Gasteiger partial charge in [0.25, 0.3) is 0 Å². The van der Waals surface area contributed by atoms with Crippen LogP contribution in [-0.4, -0.2) is 9.13 Å². The summed E-state index contributed by atoms with van der Waals surface area (Å²) in [5, 5.41) is 0. The van der Waals surface area contributed by atoms with Crippen LogP contribution >= 0.6 is 0 Å². The van der Waals surface area contributed by atoms with Crippen LogP contribution in [0.3, 0.4) is 0 Å². The first-order valence-electron chi connectivity index (χ1n) is 14.5. The van der Waals surface area contributed by atoms with E-state index in [1.807, 2.05) is 90.1 Å². The van der Waals surface area contributed by atoms with Crippen LogP contribution in [0, 0.1) is 51.0 Å². The van der Waals surface area contributed by atoms with E-state index in [1.165, 1.54) is 24.3 Å². The zero-order valence-corrected chi connectivity index (χ0v) is 26.8. The Kier molecular flexibility index (Phi) is 7.42. The van der Waals surface area contributed by atoms with E-state index in [1.54, 1.807) is 9.13 Å². The Morgan fingerprint density at radius 3 is 1.16 bits per heavy atom. The van der Waals surface area contributed by atoms with Crippen molar-refractivity contribution >= 4 is 7.74 Å². The van der Waals surface area contributed by atoms with Gasteiger partial charge in [-0.2, -0.15) is 0 Å². The number of hydrogen-bond acceptors (Lipinski definition) is 0. The van der Waals surface area contributed by atoms with Gasteiger partial charge in [0.05, 0.1) is 0 Å². The van der Waals surface area contributed by atoms with Crippen LogP contribution < -0.4 is 7.74 Å². The van der Waals surface area contributed by atoms with Gasteiger partial charge in [0.1, 0.15) is 0 Å². The molecule has 0 unspecified atom stereocenters. The van der Waals surface area contributed by atoms with E-state index in [0.29, 0.717) is 12.8 Å². The van der Waals surface area contributed by atoms with Crippen molar-refractivity contribution < 1.29 is 34.2 Å². The third kappa shape index (κ3) is 4.33. The summed E-state index contributed by atoms with van der Waals surface area (Å²) in [6.45, 7) is 11.2. The Balaban J connectivity index is 1.83. The van der Waals surface area contributed by atoms with Gasteiger partial charge in [-0.25, -0.2) is 0 Å². The molecule has 0 spiro atoms. The molecule has 0 atom stereocenters. The van der Waals surface area contributed by atoms with Crippen LogP contribution in [0.1, 0.15) is 49.5 Å². The van der Waals surface area contributed by atoms with Gasteiger partial charge in [-0.1, -0.05) is 0 Å². The predicted molar refractivity (Wildman–Crippen MR) is 162 cm³/mol. The molecule has 0 amide bonds. The molecule has 7 heteroatoms. The van der Waals surface area contributed by atoms with Crippen LogP contribution in [0.15, 0.2) is 91.7 Å². The van der Waals surface area contributed by atoms with E-state index in [9.17, 15) is 0 Å². The average molecular weight is 619 g/mol. The Labute approximate surface area is 253 Å². The summed E-state index contributed by atoms with van der Waals surface area (Å²) in [6.07, 6.45) is 8.43. The molecule has 0 fully saturated rings. The first-order chi connectivity index (χ1) is 20.5. The third-order valence-electron chi connectivity index (χ3n) is 9.15. The van der Waals surface area contributed by atoms with E-state index in [-0.39, 0.29) is 19.1 Å². The van der Waals surface area contributed by atoms with Crippen LogP contribution in [-0.2, 0) is 16.6 Å². The molecular formula is C36H34F4N2Ti. The van der Waals surface area contributed by atoms with E-state index in [2.05, 4.69) is 0 Å². The molecule has 2 heterocycles. The fourth-order valence-electron chi connectivity index (χ4n) is 7.25. The van der Waals surface area contributed by atoms with E-state index < -0.39 is 39.9 Å². The fourth-order valence-corrected chi connectivity index (χ4v) is 16.3. The van der Waals surface area contributed by atoms with Gasteiger partial charge in [0.2, 0.25) is 0 Å². The van der Waals surface area contributed by atoms with Crippen molar-refractivity contribution in [2.45, 2.75) is 54.4 Å². The summed E-state index contributed by atoms with van der Waals surface area (Å²) >= 11 is -5.05. The number of rotatable bonds is 6. The second-order valence-corrected chi connectivity index (χ2v) is 17.5. The molecule has 0 saturated carbocycles. The first kappa shape index (κ1) is 29.5. The van der Waals surface area contributed by atoms with Crippen LogP contribution in [0.25, 0.3) is 11.4 Å². The molecule has 0 aliphatic heterocycles. The molecule has 43 heavy (non-hydrogen) atoms. The van der Waals surface area contributed by atoms with Crippen molar-refractivity contribution in [1.29, 1.82) is 0 Å². The molecule has 6 rings (SSSR count). The maximum absolute atomic E-state index is 17.4. The normalized spacial score (nSPS) is 15.1. The molecule has 2 aromatic heterocycles. The van der Waals surface area contributed by atoms with Crippen LogP contribution in [0.4, 0.5) is 17.6 Å². The molecule has 2 aliphatic rings. The molecule has 0 saturated heterocycles. The maximum atomic E-state index is 17.4. The van der Waals surface area contributed by atoms with E-state index in [4.69, 9.17) is 0 Å². The zero-order chi connectivity index (χ0) is 30.8. The van der Waals surface area contributed by atoms with Crippen molar-refractivity contribution in [2.24, 2.45) is 0 Å². The van der Waals surface area contributed by atoms with E-state index >= 15 is 17.6 Å². The van der Waals surface area contributed by atoms with Crippen molar-refractivity contribution in [2.75, 3.05) is 0 Å². The number of aryl methyl sites for hydroxylation is 4. The predicted octanol–water partition coefficient (Wildman–Crippen LogP) is 8.63. The summed E-state index contributed by atoms with van der Waals surface area (Å²) in [5.41, 5.74) is 5.08. The van der Waals surface area contributed by atoms with Gasteiger partial charge >= 0.3 is 255 Å². The number of nitrogens with zero attached hydrogens (tertiary/aromatic N) is 2. The van der Waals surface area contributed by atoms with Crippen molar-refractivity contribution in [3.05, 3.63) is 138 Å². The summed E-state index contributed by atoms with van der Waals surface area (Å²) in [4.78, 5) is 0. The van der Waals surface area contributed by atoms with Crippen LogP contribution in [0.5, 0.6) is 0 Å². The number of aromatic nitrogens is 2. The van der Waals surface area contributed by atoms with Crippen molar-refractivity contribution in [1.82, 2.24) is 9.13 Å². The molecule has 2 aliphatic carbocycles. The third-order valence-corrected chi connectivity index (χ3v) is 17.6. The molecule has 0 radical (unpaired) electrons. The zero-order valence-electron chi connectivity index (χ0n) is 25.2. The van der Waals surface area contributed by atoms with Gasteiger partial charge < -0.3 is 0 Å². The molecule has 2 nitrogen and oxygen atoms in total. The summed E-state index contributed by atoms with van der Waals surface area (Å²) in [5.74, 6) is -3.08. The van der Waals surface area contributed by atoms with Crippen LogP contribution in [0.2, 0.25) is 0 Å². The summed E-state index contributed by atoms with van der Waals surface area (Å²) in [7, 11) is 0. The van der Waals surface area contributed by atoms with Crippen molar-refractivity contribution in [3.63, 3.8) is 0 Å². The SMILES string of the molecule is CC1=[C]([Ti]([C]2=C(C)C=CC2)([c]2c(F)ccc(-n3c(C)ccc3C)c2F)[c]2c(F)ccc(-n3c(C)ccc3C)c2F)CC=C1. The van der Waals surface area contributed by atoms with Gasteiger partial charge in [0, 0.05) is 0 Å². The van der Waals surface area contributed by atoms with Gasteiger partial charge in [-0.05, 0) is 0 Å². The number of allylic oxidation sites excluding steroid dienone is 8. The second-order valence-electron chi connectivity index (χ2n) is 11.7. The minimum atomic E-state index is -5.05. The summed E-state index contributed by atoms with van der Waals surface area (Å²) < 4.78 is 72.7. The first-order valence-corrected chi connectivity index (χ1v) is 17.6. The van der Waals surface area contributed by atoms with Gasteiger partial charge in [-0.3, -0.25) is 0 Å². The number of benzene rings is 2. The average Bonchev–Trinajstić information content (AvgIpc) is 3.74. The molecule has 0 bridgehead atoms. The molecule has 2 aromatic carbocycles. The standard InChI is InChI=1S/2C12H10F2N.2C6H7.Ti/c2*1-8-3-4-9(2)15(8)12-6-5-10(13)7-11(12)14;2*1-6-4-2-3-5-6;/h2*3-6H,1-2H3;2*2,4H,3H2,1H3;. The van der Waals surface area contributed by atoms with E-state index in [0.717, 1.165) is 41.7 Å². The number of halogens is 4. The van der Waals surface area contributed by atoms with Gasteiger partial charge in [0.15, 0.2) is 0 Å². The Morgan fingerprint density at radius 1 is 0.512 bits per heavy atom. The summed E-state index contributed by atoms with van der Waals surface area (Å²) in [6, 6.07) is 12.9. The number of hydrogen-bond donors (Lipinski definition) is 0. The van der Waals surface area contributed by atoms with Crippen molar-refractivity contribution in [3.8, 4) is 11.4 Å².